The van der Waals surface area contributed by atoms with E-state index in [2.05, 4.69) is 10.1 Å². The normalized spacial score (nSPS) is 22.7. The standard InChI is InChI=1S/C20H19F4N3O5/c1-8-9(2)31-17(19(29)26-10-5-6-27(30)13(7-10)18(25)28)14(8)11-3-4-12(21)15(22)16(11)32-20(23)24/h3-9,14,17,20,30H,1-2H3,(H2,25,28)/p+1. The molecule has 0 spiro atoms. The number of rotatable bonds is 6. The van der Waals surface area contributed by atoms with Gasteiger partial charge in [-0.1, -0.05) is 13.0 Å². The lowest BCUT2D eigenvalue weighted by Crippen LogP contribution is -2.40. The number of amides is 2. The van der Waals surface area contributed by atoms with Crippen molar-refractivity contribution in [2.75, 3.05) is 5.32 Å². The number of ether oxygens (including phenoxy) is 2. The Morgan fingerprint density at radius 3 is 2.56 bits per heavy atom. The van der Waals surface area contributed by atoms with Gasteiger partial charge in [-0.3, -0.25) is 14.8 Å². The van der Waals surface area contributed by atoms with E-state index in [0.717, 1.165) is 24.4 Å². The maximum Gasteiger partial charge on any atom is 0.387 e. The minimum absolute atomic E-state index is 0.0815. The van der Waals surface area contributed by atoms with Crippen molar-refractivity contribution in [3.63, 3.8) is 0 Å². The highest BCUT2D eigenvalue weighted by Gasteiger charge is 2.46. The average molecular weight is 458 g/mol. The number of carbonyl (C=O) groups excluding carboxylic acids is 2. The van der Waals surface area contributed by atoms with Crippen LogP contribution in [0.1, 0.15) is 35.8 Å². The van der Waals surface area contributed by atoms with E-state index in [1.54, 1.807) is 13.8 Å². The van der Waals surface area contributed by atoms with Crippen molar-refractivity contribution < 1.29 is 46.6 Å². The fourth-order valence-electron chi connectivity index (χ4n) is 3.66. The lowest BCUT2D eigenvalue weighted by molar-refractivity contribution is -0.905. The van der Waals surface area contributed by atoms with E-state index in [1.165, 1.54) is 6.07 Å². The van der Waals surface area contributed by atoms with E-state index in [-0.39, 0.29) is 16.9 Å². The number of nitrogens with zero attached hydrogens (tertiary/aromatic N) is 1. The first kappa shape index (κ1) is 23.3. The Morgan fingerprint density at radius 2 is 1.94 bits per heavy atom. The summed E-state index contributed by atoms with van der Waals surface area (Å²) in [6.07, 6.45) is -0.763. The molecular formula is C20H20F4N3O5+. The fraction of sp³-hybridized carbons (Fsp3) is 0.350. The Balaban J connectivity index is 1.97. The monoisotopic (exact) mass is 458 g/mol. The zero-order valence-electron chi connectivity index (χ0n) is 16.9. The van der Waals surface area contributed by atoms with Gasteiger partial charge in [0.1, 0.15) is 6.10 Å². The van der Waals surface area contributed by atoms with Crippen LogP contribution < -0.4 is 20.5 Å². The summed E-state index contributed by atoms with van der Waals surface area (Å²) in [6.45, 7) is -0.117. The van der Waals surface area contributed by atoms with Crippen molar-refractivity contribution in [1.29, 1.82) is 0 Å². The lowest BCUT2D eigenvalue weighted by atomic mass is 9.82. The maximum absolute atomic E-state index is 14.3. The second-order valence-electron chi connectivity index (χ2n) is 7.30. The predicted molar refractivity (Wildman–Crippen MR) is 100 cm³/mol. The number of nitrogens with one attached hydrogen (secondary N) is 1. The second-order valence-corrected chi connectivity index (χ2v) is 7.30. The summed E-state index contributed by atoms with van der Waals surface area (Å²) in [5, 5.41) is 12.1. The molecule has 2 aromatic rings. The number of pyridine rings is 1. The number of hydrogen-bond acceptors (Lipinski definition) is 5. The molecule has 2 amide bonds. The lowest BCUT2D eigenvalue weighted by Gasteiger charge is -2.24. The summed E-state index contributed by atoms with van der Waals surface area (Å²) in [6, 6.07) is 4.20. The summed E-state index contributed by atoms with van der Waals surface area (Å²) in [5.74, 6) is -7.12. The van der Waals surface area contributed by atoms with E-state index < -0.39 is 59.9 Å². The number of anilines is 1. The van der Waals surface area contributed by atoms with Gasteiger partial charge in [0, 0.05) is 28.3 Å². The first-order valence-electron chi connectivity index (χ1n) is 9.45. The van der Waals surface area contributed by atoms with Crippen LogP contribution >= 0.6 is 0 Å². The molecule has 172 valence electrons. The van der Waals surface area contributed by atoms with Crippen LogP contribution in [0, 0.1) is 17.6 Å². The van der Waals surface area contributed by atoms with Gasteiger partial charge in [0.25, 0.3) is 5.91 Å². The first-order valence-corrected chi connectivity index (χ1v) is 9.45. The van der Waals surface area contributed by atoms with Gasteiger partial charge in [0.2, 0.25) is 12.0 Å². The van der Waals surface area contributed by atoms with Crippen molar-refractivity contribution in [2.24, 2.45) is 11.7 Å². The maximum atomic E-state index is 14.3. The summed E-state index contributed by atoms with van der Waals surface area (Å²) < 4.78 is 64.1. The van der Waals surface area contributed by atoms with Crippen LogP contribution in [0.3, 0.4) is 0 Å². The molecule has 32 heavy (non-hydrogen) atoms. The smallest absolute Gasteiger partial charge is 0.387 e. The third kappa shape index (κ3) is 4.44. The van der Waals surface area contributed by atoms with Gasteiger partial charge in [-0.05, 0) is 18.9 Å². The SMILES string of the molecule is CC1OC(C(=O)Nc2cc[n+](O)c(C(N)=O)c2)C(c2ccc(F)c(F)c2OC(F)F)C1C. The Labute approximate surface area is 179 Å². The number of carbonyl (C=O) groups is 2. The fourth-order valence-corrected chi connectivity index (χ4v) is 3.66. The van der Waals surface area contributed by atoms with Gasteiger partial charge < -0.3 is 20.5 Å². The van der Waals surface area contributed by atoms with Gasteiger partial charge in [-0.15, -0.1) is 0 Å². The molecule has 0 radical (unpaired) electrons. The van der Waals surface area contributed by atoms with Gasteiger partial charge in [0.05, 0.1) is 11.8 Å². The van der Waals surface area contributed by atoms with E-state index >= 15 is 0 Å². The largest absolute Gasteiger partial charge is 0.431 e. The van der Waals surface area contributed by atoms with Crippen LogP contribution in [0.25, 0.3) is 0 Å². The number of aromatic nitrogens is 1. The minimum Gasteiger partial charge on any atom is -0.431 e. The molecule has 3 rings (SSSR count). The molecule has 1 aromatic heterocycles. The van der Waals surface area contributed by atoms with Gasteiger partial charge >= 0.3 is 18.2 Å². The van der Waals surface area contributed by atoms with Crippen LogP contribution in [-0.2, 0) is 9.53 Å². The molecule has 0 bridgehead atoms. The molecule has 4 atom stereocenters. The number of primary amides is 1. The Morgan fingerprint density at radius 1 is 1.25 bits per heavy atom. The second kappa shape index (κ2) is 8.99. The molecule has 4 unspecified atom stereocenters. The highest BCUT2D eigenvalue weighted by molar-refractivity contribution is 5.96. The molecule has 4 N–H and O–H groups in total. The first-order chi connectivity index (χ1) is 15.0. The number of halogens is 4. The molecule has 1 aliphatic heterocycles. The molecule has 1 fully saturated rings. The number of nitrogens with two attached hydrogens (primary N) is 1. The molecule has 0 aliphatic carbocycles. The van der Waals surface area contributed by atoms with Crippen molar-refractivity contribution in [1.82, 2.24) is 0 Å². The van der Waals surface area contributed by atoms with E-state index in [4.69, 9.17) is 10.5 Å². The summed E-state index contributed by atoms with van der Waals surface area (Å²) in [5.41, 5.74) is 4.77. The van der Waals surface area contributed by atoms with E-state index in [9.17, 15) is 32.4 Å². The predicted octanol–water partition coefficient (Wildman–Crippen LogP) is 2.34. The van der Waals surface area contributed by atoms with Crippen LogP contribution in [0.15, 0.2) is 30.5 Å². The summed E-state index contributed by atoms with van der Waals surface area (Å²) in [4.78, 5) is 24.3. The Hall–Kier alpha value is -3.41. The number of hydrogen-bond donors (Lipinski definition) is 3. The van der Waals surface area contributed by atoms with Gasteiger partial charge in [-0.25, -0.2) is 4.39 Å². The van der Waals surface area contributed by atoms with Crippen LogP contribution in [0.2, 0.25) is 0 Å². The quantitative estimate of drug-likeness (QED) is 0.349. The number of alkyl halides is 2. The highest BCUT2D eigenvalue weighted by atomic mass is 19.3. The summed E-state index contributed by atoms with van der Waals surface area (Å²) >= 11 is 0. The molecule has 0 saturated carbocycles. The Bertz CT molecular complexity index is 1050. The molecule has 1 aromatic carbocycles. The van der Waals surface area contributed by atoms with Crippen LogP contribution in [0.5, 0.6) is 5.75 Å². The third-order valence-corrected chi connectivity index (χ3v) is 5.35. The third-order valence-electron chi connectivity index (χ3n) is 5.35. The molecule has 8 nitrogen and oxygen atoms in total. The van der Waals surface area contributed by atoms with E-state index in [1.807, 2.05) is 0 Å². The topological polar surface area (TPSA) is 115 Å². The zero-order chi connectivity index (χ0) is 23.7. The van der Waals surface area contributed by atoms with Crippen LogP contribution in [-0.4, -0.2) is 35.8 Å². The molecule has 1 saturated heterocycles. The summed E-state index contributed by atoms with van der Waals surface area (Å²) in [7, 11) is 0. The average Bonchev–Trinajstić information content (AvgIpc) is 3.01. The van der Waals surface area contributed by atoms with Gasteiger partial charge in [-0.2, -0.15) is 13.2 Å². The number of benzene rings is 1. The van der Waals surface area contributed by atoms with Crippen molar-refractivity contribution in [2.45, 2.75) is 38.6 Å². The molecule has 1 aliphatic rings. The van der Waals surface area contributed by atoms with Gasteiger partial charge in [0.15, 0.2) is 11.6 Å². The highest BCUT2D eigenvalue weighted by Crippen LogP contribution is 2.45. The van der Waals surface area contributed by atoms with E-state index in [0.29, 0.717) is 4.73 Å². The van der Waals surface area contributed by atoms with Crippen molar-refractivity contribution >= 4 is 17.5 Å². The molecular weight excluding hydrogens is 438 g/mol. The van der Waals surface area contributed by atoms with Crippen molar-refractivity contribution in [3.05, 3.63) is 53.4 Å². The molecule has 12 heteroatoms. The van der Waals surface area contributed by atoms with Crippen LogP contribution in [0.4, 0.5) is 23.2 Å². The Kier molecular flexibility index (Phi) is 6.53. The zero-order valence-corrected chi connectivity index (χ0v) is 16.9. The van der Waals surface area contributed by atoms with Crippen molar-refractivity contribution in [3.8, 4) is 5.75 Å². The molecule has 2 heterocycles. The minimum atomic E-state index is -3.42.